The van der Waals surface area contributed by atoms with Gasteiger partial charge in [-0.15, -0.1) is 0 Å². The predicted octanol–water partition coefficient (Wildman–Crippen LogP) is 7.20. The second-order valence-corrected chi connectivity index (χ2v) is 14.3. The number of fused-ring (bicyclic) bond motifs is 5. The Bertz CT molecular complexity index is 954. The van der Waals surface area contributed by atoms with Crippen LogP contribution in [0.3, 0.4) is 0 Å². The van der Waals surface area contributed by atoms with E-state index in [4.69, 9.17) is 9.84 Å². The van der Waals surface area contributed by atoms with Crippen LogP contribution in [0, 0.1) is 52.3 Å². The number of esters is 2. The molecule has 0 amide bonds. The standard InChI is InChI=1S/C33H52O6/c1-20(2)8-7-9-21(3)26-12-13-27-25-11-10-23-18-24(39-31(37)22(4)30(36)38-19-29(34)35)14-16-32(23,5)28(25)15-17-33(26,27)6/h10,20-22,24-28H,7-9,11-19H2,1-6H3,(H,34,35)/t21-,22?,24?,25?,26-,27?,28?,32+,33-/m1/s1. The third kappa shape index (κ3) is 6.10. The van der Waals surface area contributed by atoms with E-state index in [0.717, 1.165) is 55.3 Å². The van der Waals surface area contributed by atoms with Gasteiger partial charge in [-0.3, -0.25) is 9.59 Å². The van der Waals surface area contributed by atoms with E-state index in [1.807, 2.05) is 0 Å². The van der Waals surface area contributed by atoms with Gasteiger partial charge in [-0.25, -0.2) is 4.79 Å². The van der Waals surface area contributed by atoms with Gasteiger partial charge in [0.05, 0.1) is 0 Å². The van der Waals surface area contributed by atoms with Crippen LogP contribution in [0.2, 0.25) is 0 Å². The summed E-state index contributed by atoms with van der Waals surface area (Å²) in [4.78, 5) is 35.3. The first-order chi connectivity index (χ1) is 18.4. The summed E-state index contributed by atoms with van der Waals surface area (Å²) in [6.07, 6.45) is 15.4. The molecule has 0 aliphatic heterocycles. The molecule has 3 saturated carbocycles. The number of carboxylic acid groups (broad SMARTS) is 1. The molecule has 220 valence electrons. The molecule has 39 heavy (non-hydrogen) atoms. The summed E-state index contributed by atoms with van der Waals surface area (Å²) < 4.78 is 10.4. The van der Waals surface area contributed by atoms with Gasteiger partial charge in [0, 0.05) is 6.42 Å². The first-order valence-corrected chi connectivity index (χ1v) is 15.6. The molecule has 0 heterocycles. The van der Waals surface area contributed by atoms with E-state index in [0.29, 0.717) is 11.3 Å². The second-order valence-electron chi connectivity index (χ2n) is 14.3. The Balaban J connectivity index is 1.38. The van der Waals surface area contributed by atoms with Crippen LogP contribution in [-0.2, 0) is 23.9 Å². The molecule has 4 aliphatic rings. The molecule has 5 unspecified atom stereocenters. The molecule has 0 spiro atoms. The lowest BCUT2D eigenvalue weighted by Crippen LogP contribution is -2.51. The van der Waals surface area contributed by atoms with E-state index in [2.05, 4.69) is 45.4 Å². The molecular weight excluding hydrogens is 492 g/mol. The summed E-state index contributed by atoms with van der Waals surface area (Å²) in [6, 6.07) is 0. The van der Waals surface area contributed by atoms with Crippen molar-refractivity contribution in [3.05, 3.63) is 11.6 Å². The van der Waals surface area contributed by atoms with Gasteiger partial charge in [-0.05, 0) is 98.2 Å². The van der Waals surface area contributed by atoms with Crippen molar-refractivity contribution in [2.45, 2.75) is 118 Å². The van der Waals surface area contributed by atoms with E-state index in [9.17, 15) is 14.4 Å². The number of hydrogen-bond donors (Lipinski definition) is 1. The second kappa shape index (κ2) is 11.9. The Hall–Kier alpha value is -1.85. The molecule has 0 aromatic rings. The van der Waals surface area contributed by atoms with Crippen LogP contribution in [-0.4, -0.2) is 35.7 Å². The van der Waals surface area contributed by atoms with Crippen molar-refractivity contribution < 1.29 is 29.0 Å². The number of carboxylic acids is 1. The van der Waals surface area contributed by atoms with Gasteiger partial charge < -0.3 is 14.6 Å². The van der Waals surface area contributed by atoms with Gasteiger partial charge in [0.15, 0.2) is 12.5 Å². The lowest BCUT2D eigenvalue weighted by atomic mass is 9.47. The smallest absolute Gasteiger partial charge is 0.341 e. The molecule has 0 bridgehead atoms. The van der Waals surface area contributed by atoms with Gasteiger partial charge in [0.2, 0.25) is 0 Å². The van der Waals surface area contributed by atoms with Crippen LogP contribution in [0.15, 0.2) is 11.6 Å². The average Bonchev–Trinajstić information content (AvgIpc) is 3.24. The molecular formula is C33H52O6. The van der Waals surface area contributed by atoms with Crippen molar-refractivity contribution in [2.75, 3.05) is 6.61 Å². The highest BCUT2D eigenvalue weighted by Crippen LogP contribution is 2.67. The van der Waals surface area contributed by atoms with Crippen molar-refractivity contribution >= 4 is 17.9 Å². The van der Waals surface area contributed by atoms with Gasteiger partial charge in [-0.1, -0.05) is 65.5 Å². The van der Waals surface area contributed by atoms with Crippen LogP contribution < -0.4 is 0 Å². The summed E-state index contributed by atoms with van der Waals surface area (Å²) >= 11 is 0. The lowest BCUT2D eigenvalue weighted by Gasteiger charge is -2.58. The molecule has 0 aromatic heterocycles. The third-order valence-corrected chi connectivity index (χ3v) is 11.6. The van der Waals surface area contributed by atoms with Crippen LogP contribution in [0.5, 0.6) is 0 Å². The molecule has 0 radical (unpaired) electrons. The van der Waals surface area contributed by atoms with Crippen molar-refractivity contribution in [1.82, 2.24) is 0 Å². The molecule has 1 N–H and O–H groups in total. The zero-order valence-electron chi connectivity index (χ0n) is 25.2. The largest absolute Gasteiger partial charge is 0.479 e. The monoisotopic (exact) mass is 544 g/mol. The summed E-state index contributed by atoms with van der Waals surface area (Å²) in [6.45, 7) is 13.0. The fourth-order valence-electron chi connectivity index (χ4n) is 9.37. The summed E-state index contributed by atoms with van der Waals surface area (Å²) in [7, 11) is 0. The number of allylic oxidation sites excluding steroid dienone is 1. The summed E-state index contributed by atoms with van der Waals surface area (Å²) in [5.41, 5.74) is 2.08. The average molecular weight is 545 g/mol. The first-order valence-electron chi connectivity index (χ1n) is 15.6. The van der Waals surface area contributed by atoms with Gasteiger partial charge >= 0.3 is 17.9 Å². The SMILES string of the molecule is CC(C)CCC[C@@H](C)[C@H]1CCC2C3CC=C4CC(OC(=O)C(C)C(=O)OCC(=O)O)CC[C@]4(C)C3CC[C@@]21C. The Morgan fingerprint density at radius 3 is 2.41 bits per heavy atom. The van der Waals surface area contributed by atoms with E-state index in [1.54, 1.807) is 0 Å². The molecule has 4 rings (SSSR count). The Morgan fingerprint density at radius 1 is 0.974 bits per heavy atom. The number of hydrogen-bond acceptors (Lipinski definition) is 5. The number of ether oxygens (including phenoxy) is 2. The quantitative estimate of drug-likeness (QED) is 0.178. The van der Waals surface area contributed by atoms with E-state index >= 15 is 0 Å². The molecule has 9 atom stereocenters. The fraction of sp³-hybridized carbons (Fsp3) is 0.848. The minimum Gasteiger partial charge on any atom is -0.479 e. The first kappa shape index (κ1) is 30.1. The van der Waals surface area contributed by atoms with Crippen LogP contribution in [0.4, 0.5) is 0 Å². The van der Waals surface area contributed by atoms with E-state index in [-0.39, 0.29) is 11.5 Å². The number of carbonyl (C=O) groups is 3. The fourth-order valence-corrected chi connectivity index (χ4v) is 9.37. The van der Waals surface area contributed by atoms with Gasteiger partial charge in [-0.2, -0.15) is 0 Å². The maximum atomic E-state index is 12.6. The van der Waals surface area contributed by atoms with Crippen molar-refractivity contribution in [3.63, 3.8) is 0 Å². The van der Waals surface area contributed by atoms with Crippen LogP contribution in [0.25, 0.3) is 0 Å². The van der Waals surface area contributed by atoms with E-state index < -0.39 is 30.4 Å². The summed E-state index contributed by atoms with van der Waals surface area (Å²) in [5.74, 6) is 0.899. The van der Waals surface area contributed by atoms with Crippen molar-refractivity contribution in [1.29, 1.82) is 0 Å². The minimum atomic E-state index is -1.25. The highest BCUT2D eigenvalue weighted by molar-refractivity contribution is 5.95. The molecule has 3 fully saturated rings. The molecule has 0 saturated heterocycles. The van der Waals surface area contributed by atoms with Crippen LogP contribution >= 0.6 is 0 Å². The molecule has 6 heteroatoms. The van der Waals surface area contributed by atoms with Gasteiger partial charge in [0.1, 0.15) is 6.10 Å². The zero-order chi connectivity index (χ0) is 28.5. The van der Waals surface area contributed by atoms with Crippen molar-refractivity contribution in [2.24, 2.45) is 52.3 Å². The Morgan fingerprint density at radius 2 is 1.72 bits per heavy atom. The third-order valence-electron chi connectivity index (χ3n) is 11.6. The highest BCUT2D eigenvalue weighted by Gasteiger charge is 2.59. The number of rotatable bonds is 10. The topological polar surface area (TPSA) is 89.9 Å². The maximum absolute atomic E-state index is 12.6. The highest BCUT2D eigenvalue weighted by atomic mass is 16.6. The Kier molecular flexibility index (Phi) is 9.22. The van der Waals surface area contributed by atoms with E-state index in [1.165, 1.54) is 57.4 Å². The maximum Gasteiger partial charge on any atom is 0.341 e. The summed E-state index contributed by atoms with van der Waals surface area (Å²) in [5, 5.41) is 8.71. The zero-order valence-corrected chi connectivity index (χ0v) is 25.2. The molecule has 0 aromatic carbocycles. The van der Waals surface area contributed by atoms with Crippen molar-refractivity contribution in [3.8, 4) is 0 Å². The molecule has 6 nitrogen and oxygen atoms in total. The predicted molar refractivity (Wildman–Crippen MR) is 151 cm³/mol. The number of carbonyl (C=O) groups excluding carboxylic acids is 2. The lowest BCUT2D eigenvalue weighted by molar-refractivity contribution is -0.169. The minimum absolute atomic E-state index is 0.167. The van der Waals surface area contributed by atoms with Crippen LogP contribution in [0.1, 0.15) is 112 Å². The normalized spacial score (nSPS) is 37.1. The Labute approximate surface area is 235 Å². The molecule has 4 aliphatic carbocycles. The van der Waals surface area contributed by atoms with Gasteiger partial charge in [0.25, 0.3) is 0 Å². The number of aliphatic carboxylic acids is 1.